The van der Waals surface area contributed by atoms with Crippen LogP contribution in [0.15, 0.2) is 48.5 Å². The standard InChI is InChI=1S/C24H30FNO5/c1-30-24(29,14-5-4-8-18-9-7-15-26(17-18)23(27)28)21-12-2-3-13-22(21)31-20-11-6-10-19(25)16-20/h2-3,6,10-13,16,18,29H,4-5,7-9,14-15,17H2,1H3,(H,27,28). The minimum Gasteiger partial charge on any atom is -0.465 e. The van der Waals surface area contributed by atoms with Gasteiger partial charge in [-0.15, -0.1) is 0 Å². The van der Waals surface area contributed by atoms with Crippen LogP contribution in [0.4, 0.5) is 9.18 Å². The second-order valence-corrected chi connectivity index (χ2v) is 8.03. The van der Waals surface area contributed by atoms with Crippen LogP contribution in [0, 0.1) is 11.7 Å². The molecule has 7 heteroatoms. The first-order valence-corrected chi connectivity index (χ1v) is 10.7. The molecule has 6 nitrogen and oxygen atoms in total. The number of benzene rings is 2. The van der Waals surface area contributed by atoms with Gasteiger partial charge in [0.2, 0.25) is 0 Å². The highest BCUT2D eigenvalue weighted by atomic mass is 19.1. The van der Waals surface area contributed by atoms with Crippen molar-refractivity contribution in [1.82, 2.24) is 4.90 Å². The molecule has 1 aliphatic heterocycles. The Kier molecular flexibility index (Phi) is 7.87. The average molecular weight is 432 g/mol. The van der Waals surface area contributed by atoms with Crippen molar-refractivity contribution in [3.8, 4) is 11.5 Å². The van der Waals surface area contributed by atoms with Crippen LogP contribution in [0.5, 0.6) is 11.5 Å². The predicted molar refractivity (Wildman–Crippen MR) is 115 cm³/mol. The monoisotopic (exact) mass is 431 g/mol. The van der Waals surface area contributed by atoms with Crippen LogP contribution in [0.3, 0.4) is 0 Å². The Balaban J connectivity index is 1.61. The topological polar surface area (TPSA) is 79.2 Å². The average Bonchev–Trinajstić information content (AvgIpc) is 2.77. The molecule has 0 spiro atoms. The number of carboxylic acid groups (broad SMARTS) is 1. The molecule has 0 radical (unpaired) electrons. The van der Waals surface area contributed by atoms with Crippen molar-refractivity contribution in [3.05, 3.63) is 59.9 Å². The number of unbranched alkanes of at least 4 members (excludes halogenated alkanes) is 1. The van der Waals surface area contributed by atoms with Gasteiger partial charge >= 0.3 is 6.09 Å². The van der Waals surface area contributed by atoms with Crippen LogP contribution < -0.4 is 4.74 Å². The third kappa shape index (κ3) is 6.18. The van der Waals surface area contributed by atoms with Gasteiger partial charge in [0, 0.05) is 32.7 Å². The normalized spacial score (nSPS) is 18.4. The molecule has 2 N–H and O–H groups in total. The lowest BCUT2D eigenvalue weighted by Gasteiger charge is -2.31. The molecule has 1 heterocycles. The first-order valence-electron chi connectivity index (χ1n) is 10.7. The molecule has 31 heavy (non-hydrogen) atoms. The van der Waals surface area contributed by atoms with Gasteiger partial charge in [0.25, 0.3) is 0 Å². The number of hydrogen-bond acceptors (Lipinski definition) is 4. The summed E-state index contributed by atoms with van der Waals surface area (Å²) in [6, 6.07) is 12.9. The number of methoxy groups -OCH3 is 1. The quantitative estimate of drug-likeness (QED) is 0.413. The molecule has 1 aliphatic rings. The van der Waals surface area contributed by atoms with E-state index in [9.17, 15) is 19.4 Å². The Morgan fingerprint density at radius 3 is 2.77 bits per heavy atom. The molecule has 2 aromatic rings. The highest BCUT2D eigenvalue weighted by Crippen LogP contribution is 2.37. The first-order chi connectivity index (χ1) is 14.9. The minimum absolute atomic E-state index is 0.339. The van der Waals surface area contributed by atoms with E-state index in [2.05, 4.69) is 0 Å². The Hall–Kier alpha value is -2.64. The molecule has 1 saturated heterocycles. The Labute approximate surface area is 182 Å². The molecule has 168 valence electrons. The maximum Gasteiger partial charge on any atom is 0.407 e. The van der Waals surface area contributed by atoms with E-state index in [0.29, 0.717) is 48.9 Å². The molecule has 2 aromatic carbocycles. The molecule has 3 rings (SSSR count). The molecule has 0 aliphatic carbocycles. The second-order valence-electron chi connectivity index (χ2n) is 8.03. The second kappa shape index (κ2) is 10.6. The SMILES string of the molecule is COC(O)(CCCCC1CCCN(C(=O)O)C1)c1ccccc1Oc1cccc(F)c1. The predicted octanol–water partition coefficient (Wildman–Crippen LogP) is 5.36. The van der Waals surface area contributed by atoms with Crippen LogP contribution in [0.25, 0.3) is 0 Å². The van der Waals surface area contributed by atoms with Gasteiger partial charge in [-0.05, 0) is 55.9 Å². The molecule has 0 saturated carbocycles. The number of aliphatic hydroxyl groups is 1. The summed E-state index contributed by atoms with van der Waals surface area (Å²) in [6.45, 7) is 1.19. The third-order valence-electron chi connectivity index (χ3n) is 5.84. The van der Waals surface area contributed by atoms with Crippen molar-refractivity contribution >= 4 is 6.09 Å². The van der Waals surface area contributed by atoms with E-state index < -0.39 is 17.7 Å². The molecule has 0 aromatic heterocycles. The number of likely N-dealkylation sites (tertiary alicyclic amines) is 1. The number of rotatable bonds is 9. The fourth-order valence-corrected chi connectivity index (χ4v) is 4.15. The smallest absolute Gasteiger partial charge is 0.407 e. The van der Waals surface area contributed by atoms with Crippen molar-refractivity contribution in [1.29, 1.82) is 0 Å². The van der Waals surface area contributed by atoms with E-state index in [-0.39, 0.29) is 0 Å². The lowest BCUT2D eigenvalue weighted by molar-refractivity contribution is -0.200. The molecule has 0 bridgehead atoms. The number of para-hydroxylation sites is 1. The zero-order chi connectivity index (χ0) is 22.3. The van der Waals surface area contributed by atoms with Crippen molar-refractivity contribution in [3.63, 3.8) is 0 Å². The summed E-state index contributed by atoms with van der Waals surface area (Å²) in [6.07, 6.45) is 3.91. The van der Waals surface area contributed by atoms with E-state index in [4.69, 9.17) is 9.47 Å². The summed E-state index contributed by atoms with van der Waals surface area (Å²) < 4.78 is 24.8. The van der Waals surface area contributed by atoms with E-state index >= 15 is 0 Å². The third-order valence-corrected chi connectivity index (χ3v) is 5.84. The maximum absolute atomic E-state index is 13.5. The Morgan fingerprint density at radius 2 is 2.03 bits per heavy atom. The number of nitrogens with zero attached hydrogens (tertiary/aromatic N) is 1. The van der Waals surface area contributed by atoms with E-state index in [1.807, 2.05) is 0 Å². The number of ether oxygens (including phenoxy) is 2. The number of amides is 1. The Bertz CT molecular complexity index is 877. The number of hydrogen-bond donors (Lipinski definition) is 2. The van der Waals surface area contributed by atoms with Gasteiger partial charge in [-0.3, -0.25) is 0 Å². The fraction of sp³-hybridized carbons (Fsp3) is 0.458. The van der Waals surface area contributed by atoms with Gasteiger partial charge in [0.1, 0.15) is 17.3 Å². The minimum atomic E-state index is -1.54. The van der Waals surface area contributed by atoms with Crippen molar-refractivity contribution in [2.45, 2.75) is 44.3 Å². The van der Waals surface area contributed by atoms with Crippen LogP contribution in [-0.2, 0) is 10.5 Å². The lowest BCUT2D eigenvalue weighted by Crippen LogP contribution is -2.39. The van der Waals surface area contributed by atoms with Gasteiger partial charge in [0.05, 0.1) is 5.56 Å². The summed E-state index contributed by atoms with van der Waals surface area (Å²) in [5.41, 5.74) is 0.483. The lowest BCUT2D eigenvalue weighted by atomic mass is 9.91. The molecule has 2 atom stereocenters. The summed E-state index contributed by atoms with van der Waals surface area (Å²) in [7, 11) is 1.45. The van der Waals surface area contributed by atoms with Crippen LogP contribution in [0.1, 0.15) is 44.1 Å². The van der Waals surface area contributed by atoms with Gasteiger partial charge < -0.3 is 24.6 Å². The molecular formula is C24H30FNO5. The van der Waals surface area contributed by atoms with Crippen molar-refractivity contribution in [2.75, 3.05) is 20.2 Å². The van der Waals surface area contributed by atoms with Gasteiger partial charge in [-0.2, -0.15) is 0 Å². The van der Waals surface area contributed by atoms with Crippen molar-refractivity contribution < 1.29 is 28.9 Å². The van der Waals surface area contributed by atoms with Crippen LogP contribution >= 0.6 is 0 Å². The maximum atomic E-state index is 13.5. The zero-order valence-corrected chi connectivity index (χ0v) is 17.8. The summed E-state index contributed by atoms with van der Waals surface area (Å²) in [5.74, 6) is -0.845. The first kappa shape index (κ1) is 23.0. The summed E-state index contributed by atoms with van der Waals surface area (Å²) in [4.78, 5) is 12.7. The number of halogens is 1. The zero-order valence-electron chi connectivity index (χ0n) is 17.8. The molecular weight excluding hydrogens is 401 g/mol. The van der Waals surface area contributed by atoms with Gasteiger partial charge in [-0.1, -0.05) is 24.6 Å². The van der Waals surface area contributed by atoms with Gasteiger partial charge in [0.15, 0.2) is 5.79 Å². The van der Waals surface area contributed by atoms with Crippen LogP contribution in [-0.4, -0.2) is 41.4 Å². The fourth-order valence-electron chi connectivity index (χ4n) is 4.15. The molecule has 2 unspecified atom stereocenters. The summed E-state index contributed by atoms with van der Waals surface area (Å²) >= 11 is 0. The van der Waals surface area contributed by atoms with E-state index in [1.54, 1.807) is 36.4 Å². The summed E-state index contributed by atoms with van der Waals surface area (Å²) in [5, 5.41) is 20.4. The Morgan fingerprint density at radius 1 is 1.23 bits per heavy atom. The van der Waals surface area contributed by atoms with Gasteiger partial charge in [-0.25, -0.2) is 9.18 Å². The number of carbonyl (C=O) groups is 1. The van der Waals surface area contributed by atoms with E-state index in [0.717, 1.165) is 25.7 Å². The number of piperidine rings is 1. The molecule has 1 fully saturated rings. The highest BCUT2D eigenvalue weighted by Gasteiger charge is 2.32. The molecule has 1 amide bonds. The van der Waals surface area contributed by atoms with Crippen LogP contribution in [0.2, 0.25) is 0 Å². The van der Waals surface area contributed by atoms with E-state index in [1.165, 1.54) is 24.1 Å². The highest BCUT2D eigenvalue weighted by molar-refractivity contribution is 5.65. The largest absolute Gasteiger partial charge is 0.465 e. The van der Waals surface area contributed by atoms with Crippen molar-refractivity contribution in [2.24, 2.45) is 5.92 Å².